The molecule has 1 heterocycles. The molecule has 3 rings (SSSR count). The Bertz CT molecular complexity index is 809. The number of nitrogens with zero attached hydrogens (tertiary/aromatic N) is 1. The Morgan fingerprint density at radius 3 is 2.70 bits per heavy atom. The van der Waals surface area contributed by atoms with Gasteiger partial charge < -0.3 is 9.47 Å². The topological polar surface area (TPSA) is 59.9 Å². The third-order valence-corrected chi connectivity index (χ3v) is 7.33. The number of rotatable bonds is 7. The van der Waals surface area contributed by atoms with Gasteiger partial charge in [0.05, 0.1) is 17.9 Å². The first-order valence-corrected chi connectivity index (χ1v) is 11.2. The minimum atomic E-state index is -0.328. The molecule has 27 heavy (non-hydrogen) atoms. The first-order valence-electron chi connectivity index (χ1n) is 8.27. The van der Waals surface area contributed by atoms with E-state index in [-0.39, 0.29) is 12.5 Å². The van der Waals surface area contributed by atoms with Crippen molar-refractivity contribution in [1.29, 1.82) is 0 Å². The molecule has 0 aliphatic carbocycles. The van der Waals surface area contributed by atoms with Crippen LogP contribution in [0.4, 0.5) is 0 Å². The van der Waals surface area contributed by atoms with Gasteiger partial charge in [-0.2, -0.15) is 5.10 Å². The number of hydrazone groups is 1. The summed E-state index contributed by atoms with van der Waals surface area (Å²) in [5.41, 5.74) is 4.50. The summed E-state index contributed by atoms with van der Waals surface area (Å²) in [6, 6.07) is 13.5. The van der Waals surface area contributed by atoms with Crippen LogP contribution in [0.3, 0.4) is 0 Å². The number of benzene rings is 2. The van der Waals surface area contributed by atoms with E-state index in [1.54, 1.807) is 7.11 Å². The number of halogens is 1. The third kappa shape index (κ3) is 5.92. The zero-order chi connectivity index (χ0) is 19.1. The summed E-state index contributed by atoms with van der Waals surface area (Å²) in [7, 11) is 1.59. The van der Waals surface area contributed by atoms with Gasteiger partial charge in [0.25, 0.3) is 5.91 Å². The van der Waals surface area contributed by atoms with Crippen LogP contribution in [-0.4, -0.2) is 37.3 Å². The molecular weight excluding hydrogens is 448 g/mol. The highest BCUT2D eigenvalue weighted by molar-refractivity contribution is 9.10. The fraction of sp³-hybridized carbons (Fsp3) is 0.263. The number of amides is 1. The number of methoxy groups -OCH3 is 1. The van der Waals surface area contributed by atoms with Gasteiger partial charge in [-0.05, 0) is 35.9 Å². The van der Waals surface area contributed by atoms with E-state index in [2.05, 4.69) is 38.6 Å². The maximum absolute atomic E-state index is 11.9. The minimum Gasteiger partial charge on any atom is -0.496 e. The SMILES string of the molecule is COc1ccc(Br)cc1/C=N\NC(=O)COc1ccc(C2SCCS2)cc1. The molecular formula is C19H19BrN2O3S2. The Balaban J connectivity index is 1.47. The minimum absolute atomic E-state index is 0.0980. The lowest BCUT2D eigenvalue weighted by Crippen LogP contribution is -2.24. The molecule has 1 saturated heterocycles. The molecule has 142 valence electrons. The van der Waals surface area contributed by atoms with Crippen molar-refractivity contribution in [3.8, 4) is 11.5 Å². The van der Waals surface area contributed by atoms with E-state index >= 15 is 0 Å². The standard InChI is InChI=1S/C19H19BrN2O3S2/c1-24-17-7-4-15(20)10-14(17)11-21-22-18(23)12-25-16-5-2-13(3-6-16)19-26-8-9-27-19/h2-7,10-11,19H,8-9,12H2,1H3,(H,22,23)/b21-11-. The molecule has 0 radical (unpaired) electrons. The Labute approximate surface area is 175 Å². The zero-order valence-corrected chi connectivity index (χ0v) is 17.9. The first-order chi connectivity index (χ1) is 13.2. The van der Waals surface area contributed by atoms with E-state index in [1.807, 2.05) is 53.9 Å². The summed E-state index contributed by atoms with van der Waals surface area (Å²) in [5.74, 6) is 3.40. The Morgan fingerprint density at radius 2 is 2.00 bits per heavy atom. The number of nitrogens with one attached hydrogen (secondary N) is 1. The van der Waals surface area contributed by atoms with Gasteiger partial charge in [0.2, 0.25) is 0 Å². The molecule has 0 saturated carbocycles. The lowest BCUT2D eigenvalue weighted by Gasteiger charge is -2.10. The van der Waals surface area contributed by atoms with Crippen LogP contribution in [-0.2, 0) is 4.79 Å². The summed E-state index contributed by atoms with van der Waals surface area (Å²) in [6.07, 6.45) is 1.53. The van der Waals surface area contributed by atoms with E-state index in [1.165, 1.54) is 23.3 Å². The van der Waals surface area contributed by atoms with Crippen LogP contribution < -0.4 is 14.9 Å². The van der Waals surface area contributed by atoms with Crippen molar-refractivity contribution in [2.45, 2.75) is 4.58 Å². The maximum Gasteiger partial charge on any atom is 0.277 e. The quantitative estimate of drug-likeness (QED) is 0.481. The molecule has 5 nitrogen and oxygen atoms in total. The van der Waals surface area contributed by atoms with Crippen molar-refractivity contribution in [3.05, 3.63) is 58.1 Å². The molecule has 1 amide bonds. The first kappa shape index (κ1) is 20.1. The molecule has 2 aromatic rings. The number of carbonyl (C=O) groups is 1. The Hall–Kier alpha value is -1.64. The van der Waals surface area contributed by atoms with Gasteiger partial charge in [-0.25, -0.2) is 5.43 Å². The van der Waals surface area contributed by atoms with Gasteiger partial charge in [-0.3, -0.25) is 4.79 Å². The number of thioether (sulfide) groups is 2. The average molecular weight is 467 g/mol. The molecule has 0 aromatic heterocycles. The Kier molecular flexibility index (Phi) is 7.49. The Morgan fingerprint density at radius 1 is 1.26 bits per heavy atom. The fourth-order valence-electron chi connectivity index (χ4n) is 2.43. The third-order valence-electron chi connectivity index (χ3n) is 3.73. The van der Waals surface area contributed by atoms with Crippen molar-refractivity contribution < 1.29 is 14.3 Å². The lowest BCUT2D eigenvalue weighted by atomic mass is 10.2. The monoisotopic (exact) mass is 466 g/mol. The van der Waals surface area contributed by atoms with Crippen LogP contribution in [0.5, 0.6) is 11.5 Å². The highest BCUT2D eigenvalue weighted by atomic mass is 79.9. The molecule has 0 atom stereocenters. The summed E-state index contributed by atoms with van der Waals surface area (Å²) in [5, 5.41) is 3.96. The normalized spacial score (nSPS) is 14.4. The largest absolute Gasteiger partial charge is 0.496 e. The predicted octanol–water partition coefficient (Wildman–Crippen LogP) is 4.47. The highest BCUT2D eigenvalue weighted by Crippen LogP contribution is 2.45. The number of hydrogen-bond donors (Lipinski definition) is 1. The predicted molar refractivity (Wildman–Crippen MR) is 116 cm³/mol. The van der Waals surface area contributed by atoms with Crippen LogP contribution in [0, 0.1) is 0 Å². The van der Waals surface area contributed by atoms with Crippen LogP contribution in [0.2, 0.25) is 0 Å². The molecule has 2 aromatic carbocycles. The van der Waals surface area contributed by atoms with Crippen molar-refractivity contribution >= 4 is 51.6 Å². The van der Waals surface area contributed by atoms with Crippen molar-refractivity contribution in [2.24, 2.45) is 5.10 Å². The van der Waals surface area contributed by atoms with E-state index in [0.717, 1.165) is 10.0 Å². The van der Waals surface area contributed by atoms with Crippen LogP contribution in [0.25, 0.3) is 0 Å². The van der Waals surface area contributed by atoms with Gasteiger partial charge in [-0.15, -0.1) is 23.5 Å². The smallest absolute Gasteiger partial charge is 0.277 e. The molecule has 1 aliphatic heterocycles. The number of hydrogen-bond acceptors (Lipinski definition) is 6. The molecule has 0 spiro atoms. The highest BCUT2D eigenvalue weighted by Gasteiger charge is 2.17. The van der Waals surface area contributed by atoms with E-state index in [0.29, 0.717) is 16.1 Å². The van der Waals surface area contributed by atoms with Crippen molar-refractivity contribution in [2.75, 3.05) is 25.2 Å². The molecule has 1 aliphatic rings. The summed E-state index contributed by atoms with van der Waals surface area (Å²) in [4.78, 5) is 11.9. The summed E-state index contributed by atoms with van der Waals surface area (Å²) >= 11 is 7.32. The van der Waals surface area contributed by atoms with Crippen LogP contribution in [0.1, 0.15) is 15.7 Å². The average Bonchev–Trinajstić information content (AvgIpc) is 3.22. The van der Waals surface area contributed by atoms with E-state index < -0.39 is 0 Å². The maximum atomic E-state index is 11.9. The van der Waals surface area contributed by atoms with Gasteiger partial charge in [0, 0.05) is 21.5 Å². The molecule has 1 N–H and O–H groups in total. The molecule has 8 heteroatoms. The molecule has 1 fully saturated rings. The second-order valence-corrected chi connectivity index (χ2v) is 9.25. The number of ether oxygens (including phenoxy) is 2. The summed E-state index contributed by atoms with van der Waals surface area (Å²) in [6.45, 7) is -0.0980. The second kappa shape index (κ2) is 10.1. The number of carbonyl (C=O) groups excluding carboxylic acids is 1. The van der Waals surface area contributed by atoms with Gasteiger partial charge in [0.1, 0.15) is 11.5 Å². The van der Waals surface area contributed by atoms with Gasteiger partial charge in [0.15, 0.2) is 6.61 Å². The van der Waals surface area contributed by atoms with Gasteiger partial charge in [-0.1, -0.05) is 28.1 Å². The van der Waals surface area contributed by atoms with Crippen LogP contribution in [0.15, 0.2) is 52.0 Å². The fourth-order valence-corrected chi connectivity index (χ4v) is 5.67. The van der Waals surface area contributed by atoms with E-state index in [9.17, 15) is 4.79 Å². The second-order valence-electron chi connectivity index (χ2n) is 5.61. The molecule has 0 bridgehead atoms. The van der Waals surface area contributed by atoms with Crippen molar-refractivity contribution in [3.63, 3.8) is 0 Å². The van der Waals surface area contributed by atoms with Crippen molar-refractivity contribution in [1.82, 2.24) is 5.43 Å². The molecule has 0 unspecified atom stereocenters. The summed E-state index contributed by atoms with van der Waals surface area (Å²) < 4.78 is 12.2. The van der Waals surface area contributed by atoms with Crippen LogP contribution >= 0.6 is 39.5 Å². The van der Waals surface area contributed by atoms with E-state index in [4.69, 9.17) is 9.47 Å². The lowest BCUT2D eigenvalue weighted by molar-refractivity contribution is -0.123. The van der Waals surface area contributed by atoms with Gasteiger partial charge >= 0.3 is 0 Å². The zero-order valence-electron chi connectivity index (χ0n) is 14.7.